The maximum atomic E-state index is 13.2. The molecule has 1 heterocycles. The van der Waals surface area contributed by atoms with Gasteiger partial charge in [-0.15, -0.1) is 0 Å². The Morgan fingerprint density at radius 1 is 1.16 bits per heavy atom. The van der Waals surface area contributed by atoms with Gasteiger partial charge in [-0.3, -0.25) is 19.8 Å². The number of anilines is 1. The minimum Gasteiger partial charge on any atom is -0.481 e. The Morgan fingerprint density at radius 2 is 1.90 bits per heavy atom. The number of esters is 1. The van der Waals surface area contributed by atoms with Crippen LogP contribution in [-0.2, 0) is 19.1 Å². The van der Waals surface area contributed by atoms with E-state index < -0.39 is 17.8 Å². The first-order valence-corrected chi connectivity index (χ1v) is 10.2. The lowest BCUT2D eigenvalue weighted by atomic mass is 10.1. The summed E-state index contributed by atoms with van der Waals surface area (Å²) in [7, 11) is 0. The molecule has 160 valence electrons. The van der Waals surface area contributed by atoms with Crippen LogP contribution in [0.5, 0.6) is 5.75 Å². The molecule has 0 aromatic heterocycles. The molecule has 2 amide bonds. The van der Waals surface area contributed by atoms with E-state index in [1.165, 1.54) is 6.08 Å². The van der Waals surface area contributed by atoms with Crippen LogP contribution in [0.25, 0.3) is 6.08 Å². The van der Waals surface area contributed by atoms with E-state index in [-0.39, 0.29) is 39.6 Å². The first-order chi connectivity index (χ1) is 14.8. The van der Waals surface area contributed by atoms with Crippen molar-refractivity contribution in [2.24, 2.45) is 0 Å². The van der Waals surface area contributed by atoms with E-state index in [1.807, 2.05) is 0 Å². The third-order valence-corrected chi connectivity index (χ3v) is 5.24. The van der Waals surface area contributed by atoms with E-state index in [9.17, 15) is 14.4 Å². The van der Waals surface area contributed by atoms with Crippen molar-refractivity contribution < 1.29 is 23.9 Å². The van der Waals surface area contributed by atoms with Crippen LogP contribution in [0.2, 0.25) is 10.0 Å². The van der Waals surface area contributed by atoms with E-state index in [0.717, 1.165) is 4.90 Å². The number of nitrogens with one attached hydrogen (secondary N) is 1. The van der Waals surface area contributed by atoms with Crippen LogP contribution in [0.1, 0.15) is 12.5 Å². The fraction of sp³-hybridized carbons (Fsp3) is 0.143. The highest BCUT2D eigenvalue weighted by Gasteiger charge is 2.35. The second-order valence-corrected chi connectivity index (χ2v) is 7.33. The lowest BCUT2D eigenvalue weighted by Gasteiger charge is -2.29. The van der Waals surface area contributed by atoms with E-state index in [4.69, 9.17) is 44.9 Å². The zero-order chi connectivity index (χ0) is 22.5. The summed E-state index contributed by atoms with van der Waals surface area (Å²) in [5.41, 5.74) is 0.453. The van der Waals surface area contributed by atoms with Gasteiger partial charge >= 0.3 is 5.97 Å². The normalized spacial score (nSPS) is 15.1. The van der Waals surface area contributed by atoms with E-state index in [0.29, 0.717) is 11.3 Å². The lowest BCUT2D eigenvalue weighted by Crippen LogP contribution is -2.54. The van der Waals surface area contributed by atoms with Gasteiger partial charge in [0, 0.05) is 5.56 Å². The van der Waals surface area contributed by atoms with Crippen LogP contribution < -0.4 is 15.0 Å². The van der Waals surface area contributed by atoms with Crippen molar-refractivity contribution in [2.75, 3.05) is 18.1 Å². The first kappa shape index (κ1) is 22.7. The second kappa shape index (κ2) is 9.91. The smallest absolute Gasteiger partial charge is 0.344 e. The number of thiocarbonyl (C=S) groups is 1. The molecule has 1 aliphatic rings. The van der Waals surface area contributed by atoms with Gasteiger partial charge in [0.15, 0.2) is 11.7 Å². The number of hydrogen-bond donors (Lipinski definition) is 1. The Morgan fingerprint density at radius 3 is 2.65 bits per heavy atom. The molecule has 1 fully saturated rings. The lowest BCUT2D eigenvalue weighted by molar-refractivity contribution is -0.145. The van der Waals surface area contributed by atoms with Gasteiger partial charge in [-0.2, -0.15) is 0 Å². The minimum atomic E-state index is -0.682. The molecule has 1 N–H and O–H groups in total. The Bertz CT molecular complexity index is 1100. The summed E-state index contributed by atoms with van der Waals surface area (Å²) in [6.07, 6.45) is 1.35. The number of nitrogens with zero attached hydrogens (tertiary/aromatic N) is 1. The Labute approximate surface area is 193 Å². The molecule has 1 aliphatic heterocycles. The maximum absolute atomic E-state index is 13.2. The molecule has 0 spiro atoms. The molecule has 2 aromatic rings. The Hall–Kier alpha value is -2.94. The fourth-order valence-corrected chi connectivity index (χ4v) is 3.42. The number of carbonyl (C=O) groups is 3. The van der Waals surface area contributed by atoms with Crippen molar-refractivity contribution in [1.82, 2.24) is 5.32 Å². The highest BCUT2D eigenvalue weighted by atomic mass is 35.5. The number of hydrogen-bond acceptors (Lipinski definition) is 6. The molecule has 3 rings (SSSR count). The predicted octanol–water partition coefficient (Wildman–Crippen LogP) is 3.77. The van der Waals surface area contributed by atoms with Crippen molar-refractivity contribution in [2.45, 2.75) is 6.92 Å². The van der Waals surface area contributed by atoms with Crippen LogP contribution >= 0.6 is 35.4 Å². The molecule has 1 saturated heterocycles. The van der Waals surface area contributed by atoms with Gasteiger partial charge in [0.05, 0.1) is 22.3 Å². The van der Waals surface area contributed by atoms with Crippen LogP contribution in [0.15, 0.2) is 48.0 Å². The largest absolute Gasteiger partial charge is 0.481 e. The Kier molecular flexibility index (Phi) is 7.27. The number of carbonyl (C=O) groups excluding carboxylic acids is 3. The van der Waals surface area contributed by atoms with E-state index in [1.54, 1.807) is 49.4 Å². The SMILES string of the molecule is CCOC(=O)COc1ccccc1/C=C1\C(=O)NC(=S)N(c2cccc(Cl)c2Cl)C1=O. The summed E-state index contributed by atoms with van der Waals surface area (Å²) in [6.45, 7) is 1.60. The highest BCUT2D eigenvalue weighted by molar-refractivity contribution is 7.80. The average molecular weight is 479 g/mol. The molecule has 0 unspecified atom stereocenters. The summed E-state index contributed by atoms with van der Waals surface area (Å²) in [5, 5.41) is 2.70. The van der Waals surface area contributed by atoms with Gasteiger partial charge in [-0.05, 0) is 43.4 Å². The van der Waals surface area contributed by atoms with Gasteiger partial charge in [-0.25, -0.2) is 4.79 Å². The average Bonchev–Trinajstić information content (AvgIpc) is 2.73. The number of amides is 2. The molecule has 7 nitrogen and oxygen atoms in total. The molecule has 0 aliphatic carbocycles. The molecular formula is C21H16Cl2N2O5S. The topological polar surface area (TPSA) is 84.9 Å². The summed E-state index contributed by atoms with van der Waals surface area (Å²) >= 11 is 17.5. The standard InChI is InChI=1S/C21H16Cl2N2O5S/c1-2-29-17(26)11-30-16-9-4-3-6-12(16)10-13-19(27)24-21(31)25(20(13)28)15-8-5-7-14(22)18(15)23/h3-10H,2,11H2,1H3,(H,24,27,31)/b13-10+. The van der Waals surface area contributed by atoms with Crippen molar-refractivity contribution >= 4 is 70.1 Å². The number of rotatable bonds is 6. The maximum Gasteiger partial charge on any atom is 0.344 e. The van der Waals surface area contributed by atoms with Crippen molar-refractivity contribution in [1.29, 1.82) is 0 Å². The molecule has 10 heteroatoms. The molecular weight excluding hydrogens is 463 g/mol. The van der Waals surface area contributed by atoms with Gasteiger partial charge < -0.3 is 9.47 Å². The molecule has 2 aromatic carbocycles. The fourth-order valence-electron chi connectivity index (χ4n) is 2.77. The second-order valence-electron chi connectivity index (χ2n) is 6.16. The third kappa shape index (κ3) is 5.04. The third-order valence-electron chi connectivity index (χ3n) is 4.14. The quantitative estimate of drug-likeness (QED) is 0.294. The summed E-state index contributed by atoms with van der Waals surface area (Å²) < 4.78 is 10.3. The number of halogens is 2. The zero-order valence-corrected chi connectivity index (χ0v) is 18.5. The molecule has 0 radical (unpaired) electrons. The monoisotopic (exact) mass is 478 g/mol. The van der Waals surface area contributed by atoms with Crippen LogP contribution in [0.3, 0.4) is 0 Å². The van der Waals surface area contributed by atoms with Crippen molar-refractivity contribution in [3.05, 3.63) is 63.6 Å². The predicted molar refractivity (Wildman–Crippen MR) is 121 cm³/mol. The molecule has 0 bridgehead atoms. The minimum absolute atomic E-state index is 0.119. The highest BCUT2D eigenvalue weighted by Crippen LogP contribution is 2.34. The number of benzene rings is 2. The van der Waals surface area contributed by atoms with E-state index >= 15 is 0 Å². The van der Waals surface area contributed by atoms with Gasteiger partial charge in [-0.1, -0.05) is 47.5 Å². The number of para-hydroxylation sites is 1. The van der Waals surface area contributed by atoms with Crippen molar-refractivity contribution in [3.63, 3.8) is 0 Å². The van der Waals surface area contributed by atoms with Gasteiger partial charge in [0.25, 0.3) is 11.8 Å². The van der Waals surface area contributed by atoms with Crippen LogP contribution in [0, 0.1) is 0 Å². The summed E-state index contributed by atoms with van der Waals surface area (Å²) in [5.74, 6) is -1.60. The van der Waals surface area contributed by atoms with E-state index in [2.05, 4.69) is 5.32 Å². The van der Waals surface area contributed by atoms with Crippen LogP contribution in [0.4, 0.5) is 5.69 Å². The summed E-state index contributed by atoms with van der Waals surface area (Å²) in [4.78, 5) is 38.4. The summed E-state index contributed by atoms with van der Waals surface area (Å²) in [6, 6.07) is 11.4. The van der Waals surface area contributed by atoms with Gasteiger partial charge in [0.1, 0.15) is 11.3 Å². The molecule has 0 saturated carbocycles. The number of ether oxygens (including phenoxy) is 2. The van der Waals surface area contributed by atoms with Crippen molar-refractivity contribution in [3.8, 4) is 5.75 Å². The molecule has 31 heavy (non-hydrogen) atoms. The zero-order valence-electron chi connectivity index (χ0n) is 16.2. The Balaban J connectivity index is 1.96. The molecule has 0 atom stereocenters. The van der Waals surface area contributed by atoms with Crippen LogP contribution in [-0.4, -0.2) is 36.1 Å². The van der Waals surface area contributed by atoms with Gasteiger partial charge in [0.2, 0.25) is 0 Å². The first-order valence-electron chi connectivity index (χ1n) is 9.06.